The molecule has 5 nitrogen and oxygen atoms in total. The summed E-state index contributed by atoms with van der Waals surface area (Å²) in [5, 5.41) is 21.4. The smallest absolute Gasteiger partial charge is 0.432 e. The largest absolute Gasteiger partial charge is 0.490 e. The van der Waals surface area contributed by atoms with Crippen LogP contribution in [0.3, 0.4) is 0 Å². The minimum absolute atomic E-state index is 0.298. The Labute approximate surface area is 178 Å². The third-order valence-electron chi connectivity index (χ3n) is 7.44. The van der Waals surface area contributed by atoms with Crippen LogP contribution < -0.4 is 4.74 Å². The van der Waals surface area contributed by atoms with Gasteiger partial charge in [-0.15, -0.1) is 0 Å². The fourth-order valence-electron chi connectivity index (χ4n) is 5.35. The van der Waals surface area contributed by atoms with Gasteiger partial charge in [0.15, 0.2) is 0 Å². The van der Waals surface area contributed by atoms with E-state index in [4.69, 9.17) is 9.84 Å². The average molecular weight is 412 g/mol. The van der Waals surface area contributed by atoms with Crippen molar-refractivity contribution in [2.45, 2.75) is 83.3 Å². The maximum Gasteiger partial charge on any atom is 0.432 e. The third kappa shape index (κ3) is 4.13. The Kier molecular flexibility index (Phi) is 5.67. The van der Waals surface area contributed by atoms with Crippen molar-refractivity contribution in [1.29, 1.82) is 0 Å². The molecular weight excluding hydrogens is 378 g/mol. The van der Waals surface area contributed by atoms with Gasteiger partial charge in [0.05, 0.1) is 11.6 Å². The molecule has 0 aliphatic heterocycles. The predicted molar refractivity (Wildman–Crippen MR) is 117 cm³/mol. The van der Waals surface area contributed by atoms with Gasteiger partial charge in [-0.25, -0.2) is 4.79 Å². The summed E-state index contributed by atoms with van der Waals surface area (Å²) in [5.41, 5.74) is 0.298. The molecule has 4 rings (SSSR count). The molecule has 0 radical (unpaired) electrons. The molecule has 1 spiro atoms. The molecule has 2 aliphatic rings. The maximum absolute atomic E-state index is 11.2. The third-order valence-corrected chi connectivity index (χ3v) is 7.44. The summed E-state index contributed by atoms with van der Waals surface area (Å²) < 4.78 is 6.34. The van der Waals surface area contributed by atoms with Gasteiger partial charge < -0.3 is 9.84 Å². The van der Waals surface area contributed by atoms with Crippen molar-refractivity contribution in [3.63, 3.8) is 0 Å². The monoisotopic (exact) mass is 411 g/mol. The van der Waals surface area contributed by atoms with Crippen molar-refractivity contribution in [2.75, 3.05) is 0 Å². The second-order valence-corrected chi connectivity index (χ2v) is 9.76. The summed E-state index contributed by atoms with van der Waals surface area (Å²) in [6.45, 7) is 3.36. The summed E-state index contributed by atoms with van der Waals surface area (Å²) in [4.78, 5) is 11.2. The van der Waals surface area contributed by atoms with Crippen LogP contribution in [-0.2, 0) is 5.54 Å². The Morgan fingerprint density at radius 2 is 1.63 bits per heavy atom. The summed E-state index contributed by atoms with van der Waals surface area (Å²) in [6, 6.07) is 11.8. The number of carboxylic acid groups (broad SMARTS) is 1. The van der Waals surface area contributed by atoms with Crippen molar-refractivity contribution >= 4 is 16.9 Å². The first kappa shape index (κ1) is 21.0. The molecule has 0 bridgehead atoms. The van der Waals surface area contributed by atoms with E-state index >= 15 is 0 Å². The van der Waals surface area contributed by atoms with E-state index in [0.29, 0.717) is 16.6 Å². The molecule has 0 heterocycles. The summed E-state index contributed by atoms with van der Waals surface area (Å²) in [7, 11) is 0. The van der Waals surface area contributed by atoms with Crippen LogP contribution in [0.5, 0.6) is 5.75 Å². The lowest BCUT2D eigenvalue weighted by Crippen LogP contribution is -2.42. The van der Waals surface area contributed by atoms with Crippen LogP contribution in [0.1, 0.15) is 77.2 Å². The molecule has 2 fully saturated rings. The van der Waals surface area contributed by atoms with Gasteiger partial charge in [-0.2, -0.15) is 5.06 Å². The number of benzene rings is 2. The molecule has 30 heavy (non-hydrogen) atoms. The highest BCUT2D eigenvalue weighted by atomic mass is 16.6. The van der Waals surface area contributed by atoms with Gasteiger partial charge in [-0.1, -0.05) is 37.5 Å². The van der Waals surface area contributed by atoms with E-state index in [-0.39, 0.29) is 0 Å². The number of nitrogens with zero attached hydrogens (tertiary/aromatic N) is 1. The quantitative estimate of drug-likeness (QED) is 0.433. The molecule has 0 atom stereocenters. The molecular formula is C25H33NO4. The maximum atomic E-state index is 11.2. The first-order valence-electron chi connectivity index (χ1n) is 11.2. The van der Waals surface area contributed by atoms with E-state index in [0.717, 1.165) is 34.9 Å². The lowest BCUT2D eigenvalue weighted by atomic mass is 9.65. The van der Waals surface area contributed by atoms with Crippen molar-refractivity contribution in [3.8, 4) is 5.75 Å². The number of hydroxylamine groups is 2. The van der Waals surface area contributed by atoms with Gasteiger partial charge in [-0.05, 0) is 92.3 Å². The average Bonchev–Trinajstić information content (AvgIpc) is 2.75. The zero-order valence-electron chi connectivity index (χ0n) is 18.1. The molecule has 2 N–H and O–H groups in total. The van der Waals surface area contributed by atoms with Crippen LogP contribution in [0.2, 0.25) is 0 Å². The Hall–Kier alpha value is -2.27. The molecule has 2 aromatic carbocycles. The van der Waals surface area contributed by atoms with Gasteiger partial charge >= 0.3 is 6.09 Å². The fourth-order valence-corrected chi connectivity index (χ4v) is 5.35. The Balaban J connectivity index is 1.45. The van der Waals surface area contributed by atoms with E-state index in [1.807, 2.05) is 30.3 Å². The molecule has 0 aromatic heterocycles. The first-order valence-corrected chi connectivity index (χ1v) is 11.2. The van der Waals surface area contributed by atoms with E-state index in [1.54, 1.807) is 13.8 Å². The number of hydrogen-bond donors (Lipinski definition) is 2. The standard InChI is InChI=1S/C25H33NO4/c1-24(2,26(29)23(27)28)20-8-6-19-17-22(9-7-18(19)16-20)30-21-10-14-25(15-11-21)12-4-3-5-13-25/h6-9,16-17,21,29H,3-5,10-15H2,1-2H3,(H,27,28). The number of amides is 1. The highest BCUT2D eigenvalue weighted by Gasteiger charge is 2.37. The molecule has 2 aromatic rings. The highest BCUT2D eigenvalue weighted by molar-refractivity contribution is 5.85. The highest BCUT2D eigenvalue weighted by Crippen LogP contribution is 2.48. The zero-order chi connectivity index (χ0) is 21.4. The number of rotatable bonds is 4. The van der Waals surface area contributed by atoms with Crippen molar-refractivity contribution < 1.29 is 19.8 Å². The van der Waals surface area contributed by atoms with Gasteiger partial charge in [0, 0.05) is 0 Å². The fraction of sp³-hybridized carbons (Fsp3) is 0.560. The minimum atomic E-state index is -1.37. The molecule has 0 unspecified atom stereocenters. The lowest BCUT2D eigenvalue weighted by Gasteiger charge is -2.42. The van der Waals surface area contributed by atoms with Gasteiger partial charge in [0.2, 0.25) is 0 Å². The van der Waals surface area contributed by atoms with Crippen molar-refractivity contribution in [2.24, 2.45) is 5.41 Å². The SMILES string of the molecule is CC(C)(c1ccc2cc(OC3CCC4(CCCCC4)CC3)ccc2c1)N(O)C(=O)O. The molecule has 0 saturated heterocycles. The van der Waals surface area contributed by atoms with E-state index in [2.05, 4.69) is 6.07 Å². The van der Waals surface area contributed by atoms with Gasteiger partial charge in [0.25, 0.3) is 0 Å². The number of fused-ring (bicyclic) bond motifs is 1. The van der Waals surface area contributed by atoms with Crippen LogP contribution >= 0.6 is 0 Å². The van der Waals surface area contributed by atoms with Crippen LogP contribution in [0.25, 0.3) is 10.8 Å². The zero-order valence-corrected chi connectivity index (χ0v) is 18.1. The molecule has 2 saturated carbocycles. The summed E-state index contributed by atoms with van der Waals surface area (Å²) in [5.74, 6) is 0.897. The lowest BCUT2D eigenvalue weighted by molar-refractivity contribution is -0.133. The molecule has 1 amide bonds. The minimum Gasteiger partial charge on any atom is -0.490 e. The first-order chi connectivity index (χ1) is 14.3. The van der Waals surface area contributed by atoms with Crippen molar-refractivity contribution in [3.05, 3.63) is 42.0 Å². The molecule has 5 heteroatoms. The summed E-state index contributed by atoms with van der Waals surface area (Å²) >= 11 is 0. The summed E-state index contributed by atoms with van der Waals surface area (Å²) in [6.07, 6.45) is 10.8. The number of hydrogen-bond acceptors (Lipinski definition) is 3. The second-order valence-electron chi connectivity index (χ2n) is 9.76. The van der Waals surface area contributed by atoms with Crippen LogP contribution in [0.4, 0.5) is 4.79 Å². The Morgan fingerprint density at radius 3 is 2.30 bits per heavy atom. The Morgan fingerprint density at radius 1 is 1.00 bits per heavy atom. The van der Waals surface area contributed by atoms with Gasteiger partial charge in [0.1, 0.15) is 5.75 Å². The van der Waals surface area contributed by atoms with E-state index in [9.17, 15) is 10.0 Å². The van der Waals surface area contributed by atoms with E-state index in [1.165, 1.54) is 44.9 Å². The molecule has 162 valence electrons. The second kappa shape index (κ2) is 8.10. The number of ether oxygens (including phenoxy) is 1. The predicted octanol–water partition coefficient (Wildman–Crippen LogP) is 6.72. The van der Waals surface area contributed by atoms with Crippen molar-refractivity contribution in [1.82, 2.24) is 5.06 Å². The number of carbonyl (C=O) groups is 1. The van der Waals surface area contributed by atoms with Crippen LogP contribution in [0.15, 0.2) is 36.4 Å². The normalized spacial score (nSPS) is 19.7. The van der Waals surface area contributed by atoms with E-state index < -0.39 is 11.6 Å². The van der Waals surface area contributed by atoms with Crippen LogP contribution in [0, 0.1) is 5.41 Å². The molecule has 2 aliphatic carbocycles. The van der Waals surface area contributed by atoms with Crippen LogP contribution in [-0.4, -0.2) is 27.6 Å². The van der Waals surface area contributed by atoms with Gasteiger partial charge in [-0.3, -0.25) is 5.21 Å². The topological polar surface area (TPSA) is 70.0 Å². The Bertz CT molecular complexity index is 907.